The van der Waals surface area contributed by atoms with E-state index in [1.165, 1.54) is 0 Å². The van der Waals surface area contributed by atoms with E-state index < -0.39 is 0 Å². The van der Waals surface area contributed by atoms with E-state index in [9.17, 15) is 0 Å². The van der Waals surface area contributed by atoms with Crippen LogP contribution in [0.5, 0.6) is 11.5 Å². The minimum absolute atomic E-state index is 0.629. The molecule has 28 heavy (non-hydrogen) atoms. The molecule has 1 aromatic heterocycles. The molecule has 0 spiro atoms. The quantitative estimate of drug-likeness (QED) is 0.511. The first-order chi connectivity index (χ1) is 13.7. The molecular formula is C23H21N3O2. The largest absolute Gasteiger partial charge is 0.497 e. The van der Waals surface area contributed by atoms with Gasteiger partial charge in [-0.25, -0.2) is 9.97 Å². The fourth-order valence-electron chi connectivity index (χ4n) is 3.19. The van der Waals surface area contributed by atoms with Gasteiger partial charge >= 0.3 is 0 Å². The predicted octanol–water partition coefficient (Wildman–Crippen LogP) is 5.37. The molecule has 0 saturated heterocycles. The van der Waals surface area contributed by atoms with Crippen LogP contribution in [-0.4, -0.2) is 24.2 Å². The first-order valence-corrected chi connectivity index (χ1v) is 9.01. The van der Waals surface area contributed by atoms with Crippen LogP contribution in [0.2, 0.25) is 0 Å². The number of hydrogen-bond acceptors (Lipinski definition) is 5. The Labute approximate surface area is 164 Å². The number of ether oxygens (including phenoxy) is 2. The van der Waals surface area contributed by atoms with Gasteiger partial charge in [-0.05, 0) is 55.0 Å². The van der Waals surface area contributed by atoms with Gasteiger partial charge < -0.3 is 14.8 Å². The average Bonchev–Trinajstić information content (AvgIpc) is 2.74. The van der Waals surface area contributed by atoms with Crippen LogP contribution in [0.15, 0.2) is 66.7 Å². The van der Waals surface area contributed by atoms with Crippen LogP contribution in [0.1, 0.15) is 5.56 Å². The molecule has 5 nitrogen and oxygen atoms in total. The second kappa shape index (κ2) is 7.56. The van der Waals surface area contributed by atoms with E-state index in [4.69, 9.17) is 19.4 Å². The molecule has 0 aliphatic rings. The van der Waals surface area contributed by atoms with Crippen LogP contribution in [-0.2, 0) is 0 Å². The molecule has 0 saturated carbocycles. The lowest BCUT2D eigenvalue weighted by Crippen LogP contribution is -2.01. The van der Waals surface area contributed by atoms with Crippen LogP contribution in [0.25, 0.3) is 22.3 Å². The fourth-order valence-corrected chi connectivity index (χ4v) is 3.19. The molecule has 5 heteroatoms. The molecule has 0 amide bonds. The number of anilines is 2. The van der Waals surface area contributed by atoms with E-state index in [1.54, 1.807) is 14.2 Å². The highest BCUT2D eigenvalue weighted by atomic mass is 16.5. The summed E-state index contributed by atoms with van der Waals surface area (Å²) in [6.07, 6.45) is 0. The predicted molar refractivity (Wildman–Crippen MR) is 113 cm³/mol. The molecule has 0 fully saturated rings. The van der Waals surface area contributed by atoms with Crippen LogP contribution < -0.4 is 14.8 Å². The number of hydrogen-bond donors (Lipinski definition) is 1. The van der Waals surface area contributed by atoms with Gasteiger partial charge in [0, 0.05) is 11.1 Å². The smallest absolute Gasteiger partial charge is 0.166 e. The first-order valence-electron chi connectivity index (χ1n) is 9.01. The van der Waals surface area contributed by atoms with Crippen LogP contribution in [0, 0.1) is 6.92 Å². The third-order valence-corrected chi connectivity index (χ3v) is 4.63. The maximum Gasteiger partial charge on any atom is 0.166 e. The van der Waals surface area contributed by atoms with E-state index in [0.717, 1.165) is 45.0 Å². The van der Waals surface area contributed by atoms with Crippen molar-refractivity contribution in [3.63, 3.8) is 0 Å². The topological polar surface area (TPSA) is 56.3 Å². The van der Waals surface area contributed by atoms with Crippen molar-refractivity contribution in [3.05, 3.63) is 72.3 Å². The number of para-hydroxylation sites is 1. The molecule has 0 aliphatic heterocycles. The zero-order valence-electron chi connectivity index (χ0n) is 16.1. The number of aryl methyl sites for hydroxylation is 1. The summed E-state index contributed by atoms with van der Waals surface area (Å²) in [5.41, 5.74) is 3.75. The number of nitrogens with zero attached hydrogens (tertiary/aromatic N) is 2. The Hall–Kier alpha value is -3.60. The third-order valence-electron chi connectivity index (χ3n) is 4.63. The summed E-state index contributed by atoms with van der Waals surface area (Å²) in [6, 6.07) is 21.6. The Kier molecular flexibility index (Phi) is 4.81. The molecule has 0 unspecified atom stereocenters. The van der Waals surface area contributed by atoms with Gasteiger partial charge in [0.2, 0.25) is 0 Å². The second-order valence-corrected chi connectivity index (χ2v) is 6.42. The number of fused-ring (bicyclic) bond motifs is 1. The van der Waals surface area contributed by atoms with Crippen LogP contribution >= 0.6 is 0 Å². The number of methoxy groups -OCH3 is 2. The lowest BCUT2D eigenvalue weighted by Gasteiger charge is -2.14. The zero-order valence-corrected chi connectivity index (χ0v) is 16.1. The van der Waals surface area contributed by atoms with E-state index in [1.807, 2.05) is 73.7 Å². The Morgan fingerprint density at radius 3 is 2.32 bits per heavy atom. The molecular weight excluding hydrogens is 350 g/mol. The van der Waals surface area contributed by atoms with E-state index >= 15 is 0 Å². The van der Waals surface area contributed by atoms with E-state index in [-0.39, 0.29) is 0 Å². The SMILES string of the molecule is COc1ccc(Nc2nc(-c3c(C)cccc3OC)nc3ccccc23)cc1. The second-order valence-electron chi connectivity index (χ2n) is 6.42. The van der Waals surface area contributed by atoms with Crippen molar-refractivity contribution in [1.82, 2.24) is 9.97 Å². The van der Waals surface area contributed by atoms with Crippen molar-refractivity contribution in [1.29, 1.82) is 0 Å². The summed E-state index contributed by atoms with van der Waals surface area (Å²) in [5, 5.41) is 4.37. The molecule has 0 aliphatic carbocycles. The minimum atomic E-state index is 0.629. The summed E-state index contributed by atoms with van der Waals surface area (Å²) >= 11 is 0. The van der Waals surface area contributed by atoms with Crippen LogP contribution in [0.3, 0.4) is 0 Å². The maximum atomic E-state index is 5.56. The van der Waals surface area contributed by atoms with Crippen molar-refractivity contribution in [2.75, 3.05) is 19.5 Å². The summed E-state index contributed by atoms with van der Waals surface area (Å²) in [5.74, 6) is 2.94. The summed E-state index contributed by atoms with van der Waals surface area (Å²) in [7, 11) is 3.32. The molecule has 3 aromatic carbocycles. The molecule has 140 valence electrons. The lowest BCUT2D eigenvalue weighted by molar-refractivity contribution is 0.415. The molecule has 0 radical (unpaired) electrons. The van der Waals surface area contributed by atoms with E-state index in [0.29, 0.717) is 5.82 Å². The number of aromatic nitrogens is 2. The monoisotopic (exact) mass is 371 g/mol. The molecule has 1 N–H and O–H groups in total. The third kappa shape index (κ3) is 3.34. The van der Waals surface area contributed by atoms with Gasteiger partial charge in [-0.15, -0.1) is 0 Å². The minimum Gasteiger partial charge on any atom is -0.497 e. The first kappa shape index (κ1) is 17.8. The fraction of sp³-hybridized carbons (Fsp3) is 0.130. The van der Waals surface area contributed by atoms with Gasteiger partial charge in [-0.3, -0.25) is 0 Å². The average molecular weight is 371 g/mol. The standard InChI is InChI=1S/C23H21N3O2/c1-15-7-6-10-20(28-3)21(15)23-25-19-9-5-4-8-18(19)22(26-23)24-16-11-13-17(27-2)14-12-16/h4-14H,1-3H3,(H,24,25,26). The van der Waals surface area contributed by atoms with E-state index in [2.05, 4.69) is 5.32 Å². The molecule has 0 atom stereocenters. The molecule has 0 bridgehead atoms. The van der Waals surface area contributed by atoms with Gasteiger partial charge in [-0.2, -0.15) is 0 Å². The van der Waals surface area contributed by atoms with Crippen molar-refractivity contribution >= 4 is 22.4 Å². The number of nitrogens with one attached hydrogen (secondary N) is 1. The van der Waals surface area contributed by atoms with Crippen LogP contribution in [0.4, 0.5) is 11.5 Å². The molecule has 4 aromatic rings. The van der Waals surface area contributed by atoms with Gasteiger partial charge in [0.05, 0.1) is 25.3 Å². The van der Waals surface area contributed by atoms with Crippen molar-refractivity contribution in [2.24, 2.45) is 0 Å². The summed E-state index contributed by atoms with van der Waals surface area (Å²) < 4.78 is 10.8. The highest BCUT2D eigenvalue weighted by molar-refractivity contribution is 5.92. The Morgan fingerprint density at radius 1 is 0.786 bits per heavy atom. The Balaban J connectivity index is 1.86. The van der Waals surface area contributed by atoms with Gasteiger partial charge in [0.15, 0.2) is 5.82 Å². The number of benzene rings is 3. The zero-order chi connectivity index (χ0) is 19.5. The van der Waals surface area contributed by atoms with Gasteiger partial charge in [-0.1, -0.05) is 24.3 Å². The number of rotatable bonds is 5. The molecule has 1 heterocycles. The van der Waals surface area contributed by atoms with Gasteiger partial charge in [0.1, 0.15) is 17.3 Å². The highest BCUT2D eigenvalue weighted by Crippen LogP contribution is 2.34. The van der Waals surface area contributed by atoms with Gasteiger partial charge in [0.25, 0.3) is 0 Å². The normalized spacial score (nSPS) is 10.7. The maximum absolute atomic E-state index is 5.56. The Morgan fingerprint density at radius 2 is 1.57 bits per heavy atom. The summed E-state index contributed by atoms with van der Waals surface area (Å²) in [6.45, 7) is 2.03. The lowest BCUT2D eigenvalue weighted by atomic mass is 10.1. The summed E-state index contributed by atoms with van der Waals surface area (Å²) in [4.78, 5) is 9.64. The van der Waals surface area contributed by atoms with Crippen molar-refractivity contribution < 1.29 is 9.47 Å². The molecule has 4 rings (SSSR count). The Bertz CT molecular complexity index is 1120. The van der Waals surface area contributed by atoms with Crippen molar-refractivity contribution in [3.8, 4) is 22.9 Å². The highest BCUT2D eigenvalue weighted by Gasteiger charge is 2.15. The van der Waals surface area contributed by atoms with Crippen molar-refractivity contribution in [2.45, 2.75) is 6.92 Å².